The Bertz CT molecular complexity index is 1220. The molecular formula is C22H19F4N3O2S. The standard InChI is InChI=1S/C22H19F4N3O2S/c1-5-32-28-16-7-6-8-17(31-21-12(2)9-14(23)10-13(21)3)19(16)20-15(22(24,25)26)11-18(30)29(4)27-20/h5-11,28H,1H2,2-4H3. The van der Waals surface area contributed by atoms with E-state index in [1.807, 2.05) is 0 Å². The number of hydrogen-bond acceptors (Lipinski definition) is 5. The Labute approximate surface area is 185 Å². The number of benzene rings is 2. The number of rotatable bonds is 6. The van der Waals surface area contributed by atoms with Gasteiger partial charge < -0.3 is 9.46 Å². The van der Waals surface area contributed by atoms with Crippen LogP contribution in [-0.2, 0) is 13.2 Å². The molecule has 0 fully saturated rings. The largest absolute Gasteiger partial charge is 0.456 e. The van der Waals surface area contributed by atoms with Crippen LogP contribution in [0.25, 0.3) is 11.3 Å². The van der Waals surface area contributed by atoms with Crippen LogP contribution in [-0.4, -0.2) is 9.78 Å². The predicted molar refractivity (Wildman–Crippen MR) is 117 cm³/mol. The molecule has 0 aliphatic rings. The average Bonchev–Trinajstić information content (AvgIpc) is 2.70. The molecule has 1 N–H and O–H groups in total. The first kappa shape index (κ1) is 23.4. The lowest BCUT2D eigenvalue weighted by Gasteiger charge is -2.20. The van der Waals surface area contributed by atoms with E-state index in [9.17, 15) is 22.4 Å². The molecular weight excluding hydrogens is 446 g/mol. The fraction of sp³-hybridized carbons (Fsp3) is 0.182. The van der Waals surface area contributed by atoms with Crippen LogP contribution in [0.1, 0.15) is 16.7 Å². The number of nitrogens with zero attached hydrogens (tertiary/aromatic N) is 2. The number of alkyl halides is 3. The zero-order valence-corrected chi connectivity index (χ0v) is 18.2. The smallest absolute Gasteiger partial charge is 0.418 e. The minimum Gasteiger partial charge on any atom is -0.456 e. The Balaban J connectivity index is 2.32. The lowest BCUT2D eigenvalue weighted by Crippen LogP contribution is -2.24. The van der Waals surface area contributed by atoms with Gasteiger partial charge in [-0.15, -0.1) is 0 Å². The van der Waals surface area contributed by atoms with Crippen LogP contribution in [0.3, 0.4) is 0 Å². The summed E-state index contributed by atoms with van der Waals surface area (Å²) in [6, 6.07) is 7.66. The second-order valence-electron chi connectivity index (χ2n) is 6.90. The molecule has 0 saturated carbocycles. The normalized spacial score (nSPS) is 11.3. The Kier molecular flexibility index (Phi) is 6.63. The van der Waals surface area contributed by atoms with Crippen molar-refractivity contribution in [2.45, 2.75) is 20.0 Å². The topological polar surface area (TPSA) is 56.1 Å². The average molecular weight is 465 g/mol. The Morgan fingerprint density at radius 2 is 1.84 bits per heavy atom. The van der Waals surface area contributed by atoms with Crippen molar-refractivity contribution in [1.82, 2.24) is 9.78 Å². The van der Waals surface area contributed by atoms with Gasteiger partial charge >= 0.3 is 6.18 Å². The maximum atomic E-state index is 13.8. The van der Waals surface area contributed by atoms with Gasteiger partial charge in [0.25, 0.3) is 5.56 Å². The quantitative estimate of drug-likeness (QED) is 0.346. The third-order valence-electron chi connectivity index (χ3n) is 4.55. The molecule has 0 bridgehead atoms. The summed E-state index contributed by atoms with van der Waals surface area (Å²) in [6.45, 7) is 6.84. The van der Waals surface area contributed by atoms with E-state index in [1.165, 1.54) is 30.7 Å². The van der Waals surface area contributed by atoms with E-state index < -0.39 is 28.8 Å². The van der Waals surface area contributed by atoms with Gasteiger partial charge in [-0.25, -0.2) is 9.07 Å². The van der Waals surface area contributed by atoms with Crippen molar-refractivity contribution in [3.8, 4) is 22.8 Å². The fourth-order valence-corrected chi connectivity index (χ4v) is 3.54. The zero-order valence-electron chi connectivity index (χ0n) is 17.4. The van der Waals surface area contributed by atoms with Crippen molar-refractivity contribution in [2.24, 2.45) is 7.05 Å². The van der Waals surface area contributed by atoms with Crippen LogP contribution in [0.2, 0.25) is 0 Å². The van der Waals surface area contributed by atoms with E-state index in [-0.39, 0.29) is 17.0 Å². The second-order valence-corrected chi connectivity index (χ2v) is 7.68. The molecule has 168 valence electrons. The second kappa shape index (κ2) is 9.07. The first-order valence-corrected chi connectivity index (χ1v) is 10.2. The molecule has 0 spiro atoms. The molecule has 0 saturated heterocycles. The molecule has 0 aliphatic heterocycles. The van der Waals surface area contributed by atoms with Crippen LogP contribution >= 0.6 is 11.9 Å². The van der Waals surface area contributed by atoms with E-state index in [1.54, 1.807) is 26.0 Å². The SMILES string of the molecule is C=CSNc1cccc(Oc2c(C)cc(F)cc2C)c1-c1nn(C)c(=O)cc1C(F)(F)F. The number of nitrogens with one attached hydrogen (secondary N) is 1. The molecule has 10 heteroatoms. The van der Waals surface area contributed by atoms with Crippen molar-refractivity contribution in [3.05, 3.63) is 81.2 Å². The lowest BCUT2D eigenvalue weighted by molar-refractivity contribution is -0.137. The summed E-state index contributed by atoms with van der Waals surface area (Å²) >= 11 is 1.05. The van der Waals surface area contributed by atoms with Gasteiger partial charge in [-0.1, -0.05) is 12.6 Å². The number of aryl methyl sites for hydroxylation is 3. The van der Waals surface area contributed by atoms with Crippen molar-refractivity contribution in [3.63, 3.8) is 0 Å². The van der Waals surface area contributed by atoms with Crippen molar-refractivity contribution < 1.29 is 22.3 Å². The summed E-state index contributed by atoms with van der Waals surface area (Å²) in [5.74, 6) is -0.0990. The Hall–Kier alpha value is -3.27. The minimum atomic E-state index is -4.84. The molecule has 0 radical (unpaired) electrons. The highest BCUT2D eigenvalue weighted by Crippen LogP contribution is 2.44. The molecule has 3 aromatic rings. The highest BCUT2D eigenvalue weighted by atomic mass is 32.2. The molecule has 32 heavy (non-hydrogen) atoms. The number of anilines is 1. The van der Waals surface area contributed by atoms with Crippen LogP contribution in [0.4, 0.5) is 23.2 Å². The van der Waals surface area contributed by atoms with Gasteiger partial charge in [-0.05, 0) is 66.6 Å². The summed E-state index contributed by atoms with van der Waals surface area (Å²) < 4.78 is 65.0. The first-order chi connectivity index (χ1) is 15.0. The molecule has 1 aromatic heterocycles. The van der Waals surface area contributed by atoms with Gasteiger partial charge in [0.15, 0.2) is 0 Å². The van der Waals surface area contributed by atoms with E-state index in [0.29, 0.717) is 22.9 Å². The van der Waals surface area contributed by atoms with Gasteiger partial charge in [0.2, 0.25) is 0 Å². The predicted octanol–water partition coefficient (Wildman–Crippen LogP) is 6.22. The summed E-state index contributed by atoms with van der Waals surface area (Å²) in [7, 11) is 1.26. The molecule has 0 aliphatic carbocycles. The molecule has 2 aromatic carbocycles. The fourth-order valence-electron chi connectivity index (χ4n) is 3.16. The molecule has 0 amide bonds. The first-order valence-electron chi connectivity index (χ1n) is 9.29. The molecule has 0 atom stereocenters. The molecule has 0 unspecified atom stereocenters. The highest BCUT2D eigenvalue weighted by Gasteiger charge is 2.37. The Morgan fingerprint density at radius 1 is 1.19 bits per heavy atom. The van der Waals surface area contributed by atoms with Crippen LogP contribution in [0.5, 0.6) is 11.5 Å². The summed E-state index contributed by atoms with van der Waals surface area (Å²) in [6.07, 6.45) is -4.84. The third kappa shape index (κ3) is 4.80. The van der Waals surface area contributed by atoms with Gasteiger partial charge in [-0.2, -0.15) is 18.3 Å². The van der Waals surface area contributed by atoms with Gasteiger partial charge in [0.05, 0.1) is 16.8 Å². The monoisotopic (exact) mass is 465 g/mol. The highest BCUT2D eigenvalue weighted by molar-refractivity contribution is 8.03. The summed E-state index contributed by atoms with van der Waals surface area (Å²) in [5.41, 5.74) is -1.39. The van der Waals surface area contributed by atoms with Crippen molar-refractivity contribution in [2.75, 3.05) is 4.72 Å². The van der Waals surface area contributed by atoms with Crippen molar-refractivity contribution in [1.29, 1.82) is 0 Å². The Morgan fingerprint density at radius 3 is 2.44 bits per heavy atom. The minimum absolute atomic E-state index is 0.00657. The van der Waals surface area contributed by atoms with Gasteiger partial charge in [0, 0.05) is 13.1 Å². The molecule has 3 rings (SSSR count). The summed E-state index contributed by atoms with van der Waals surface area (Å²) in [4.78, 5) is 11.9. The van der Waals surface area contributed by atoms with Crippen LogP contribution in [0, 0.1) is 19.7 Å². The van der Waals surface area contributed by atoms with E-state index in [0.717, 1.165) is 16.6 Å². The van der Waals surface area contributed by atoms with E-state index in [4.69, 9.17) is 4.74 Å². The van der Waals surface area contributed by atoms with E-state index >= 15 is 0 Å². The van der Waals surface area contributed by atoms with Crippen LogP contribution < -0.4 is 15.0 Å². The zero-order chi connectivity index (χ0) is 23.6. The van der Waals surface area contributed by atoms with Crippen LogP contribution in [0.15, 0.2) is 53.2 Å². The number of halogens is 4. The van der Waals surface area contributed by atoms with Gasteiger partial charge in [0.1, 0.15) is 23.0 Å². The molecule has 5 nitrogen and oxygen atoms in total. The molecule has 1 heterocycles. The van der Waals surface area contributed by atoms with Crippen molar-refractivity contribution >= 4 is 17.6 Å². The maximum Gasteiger partial charge on any atom is 0.418 e. The number of aromatic nitrogens is 2. The number of ether oxygens (including phenoxy) is 1. The third-order valence-corrected chi connectivity index (χ3v) is 5.05. The maximum absolute atomic E-state index is 13.8. The van der Waals surface area contributed by atoms with Gasteiger partial charge in [-0.3, -0.25) is 4.79 Å². The van der Waals surface area contributed by atoms with E-state index in [2.05, 4.69) is 16.4 Å². The number of hydrogen-bond donors (Lipinski definition) is 1. The lowest BCUT2D eigenvalue weighted by atomic mass is 10.0. The summed E-state index contributed by atoms with van der Waals surface area (Å²) in [5, 5.41) is 5.37.